The summed E-state index contributed by atoms with van der Waals surface area (Å²) in [7, 11) is 0. The van der Waals surface area contributed by atoms with E-state index in [-0.39, 0.29) is 12.0 Å². The first-order chi connectivity index (χ1) is 18.5. The zero-order chi connectivity index (χ0) is 28.7. The van der Waals surface area contributed by atoms with E-state index in [0.29, 0.717) is 11.3 Å². The van der Waals surface area contributed by atoms with Gasteiger partial charge in [-0.2, -0.15) is 0 Å². The molecule has 10 heteroatoms. The van der Waals surface area contributed by atoms with Gasteiger partial charge >= 0.3 is 11.9 Å². The molecule has 0 bridgehead atoms. The SMILES string of the molecule is CC1(C)S[C@@H]2C(NC(=O)Cc3ccccc3C(=O)Oc3ccccc3)C(=O)N2C1C(=O)O.CCN(CC)CC. The van der Waals surface area contributed by atoms with E-state index in [9.17, 15) is 24.3 Å². The van der Waals surface area contributed by atoms with Crippen molar-refractivity contribution >= 4 is 35.5 Å². The van der Waals surface area contributed by atoms with Crippen LogP contribution in [0.2, 0.25) is 0 Å². The molecule has 9 nitrogen and oxygen atoms in total. The van der Waals surface area contributed by atoms with Crippen LogP contribution in [0.25, 0.3) is 0 Å². The standard InChI is InChI=1S/C23H22N2O6S.C6H15N/c1-23(2)18(21(28)29)25-19(27)17(20(25)32-23)24-16(26)12-13-8-6-7-11-15(13)22(30)31-14-9-4-3-5-10-14;1-4-7(5-2)6-3/h3-11,17-18,20H,12H2,1-2H3,(H,24,26)(H,28,29);4-6H2,1-3H3/t17?,18?,20-;/m1./s1. The first-order valence-electron chi connectivity index (χ1n) is 13.1. The second kappa shape index (κ2) is 13.1. The molecule has 2 aromatic rings. The molecule has 0 radical (unpaired) electrons. The van der Waals surface area contributed by atoms with Crippen LogP contribution in [0.5, 0.6) is 5.75 Å². The molecule has 2 aromatic carbocycles. The lowest BCUT2D eigenvalue weighted by atomic mass is 9.96. The Balaban J connectivity index is 0.000000532. The zero-order valence-corrected chi connectivity index (χ0v) is 23.9. The zero-order valence-electron chi connectivity index (χ0n) is 23.0. The van der Waals surface area contributed by atoms with Gasteiger partial charge < -0.3 is 25.0 Å². The molecule has 210 valence electrons. The van der Waals surface area contributed by atoms with Gasteiger partial charge in [-0.15, -0.1) is 11.8 Å². The van der Waals surface area contributed by atoms with Crippen molar-refractivity contribution in [3.05, 3.63) is 65.7 Å². The third-order valence-corrected chi connectivity index (χ3v) is 8.45. The van der Waals surface area contributed by atoms with Crippen LogP contribution in [-0.4, -0.2) is 80.5 Å². The number of carboxylic acid groups (broad SMARTS) is 1. The molecule has 4 rings (SSSR count). The van der Waals surface area contributed by atoms with E-state index < -0.39 is 46.0 Å². The number of benzene rings is 2. The molecule has 0 spiro atoms. The molecule has 0 aromatic heterocycles. The molecule has 3 atom stereocenters. The number of amides is 2. The van der Waals surface area contributed by atoms with E-state index in [1.54, 1.807) is 68.4 Å². The number of esters is 1. The molecule has 2 N–H and O–H groups in total. The maximum absolute atomic E-state index is 12.7. The summed E-state index contributed by atoms with van der Waals surface area (Å²) in [5.74, 6) is -2.09. The molecular formula is C29H37N3O6S. The van der Waals surface area contributed by atoms with Crippen molar-refractivity contribution in [1.29, 1.82) is 0 Å². The highest BCUT2D eigenvalue weighted by Gasteiger charge is 2.64. The molecule has 2 heterocycles. The fourth-order valence-electron chi connectivity index (χ4n) is 4.74. The van der Waals surface area contributed by atoms with Crippen molar-refractivity contribution in [3.63, 3.8) is 0 Å². The Morgan fingerprint density at radius 3 is 2.15 bits per heavy atom. The van der Waals surface area contributed by atoms with Gasteiger partial charge in [0.15, 0.2) is 0 Å². The van der Waals surface area contributed by atoms with E-state index in [4.69, 9.17) is 4.74 Å². The van der Waals surface area contributed by atoms with Gasteiger partial charge in [-0.3, -0.25) is 9.59 Å². The summed E-state index contributed by atoms with van der Waals surface area (Å²) in [6, 6.07) is 13.5. The van der Waals surface area contributed by atoms with E-state index in [1.807, 2.05) is 0 Å². The lowest BCUT2D eigenvalue weighted by Gasteiger charge is -2.43. The minimum absolute atomic E-state index is 0.118. The highest BCUT2D eigenvalue weighted by atomic mass is 32.2. The number of hydrogen-bond acceptors (Lipinski definition) is 7. The first kappa shape index (κ1) is 30.2. The van der Waals surface area contributed by atoms with Crippen LogP contribution in [0.1, 0.15) is 50.5 Å². The fraction of sp³-hybridized carbons (Fsp3) is 0.448. The maximum atomic E-state index is 12.7. The van der Waals surface area contributed by atoms with Crippen LogP contribution in [-0.2, 0) is 20.8 Å². The summed E-state index contributed by atoms with van der Waals surface area (Å²) in [5, 5.41) is 11.8. The summed E-state index contributed by atoms with van der Waals surface area (Å²) >= 11 is 1.36. The van der Waals surface area contributed by atoms with E-state index in [2.05, 4.69) is 31.0 Å². The Morgan fingerprint density at radius 2 is 1.59 bits per heavy atom. The molecule has 39 heavy (non-hydrogen) atoms. The number of fused-ring (bicyclic) bond motifs is 1. The van der Waals surface area contributed by atoms with Gasteiger partial charge in [0.05, 0.1) is 12.0 Å². The number of ether oxygens (including phenoxy) is 1. The predicted octanol–water partition coefficient (Wildman–Crippen LogP) is 3.43. The summed E-state index contributed by atoms with van der Waals surface area (Å²) in [6.07, 6.45) is -0.118. The van der Waals surface area contributed by atoms with Crippen LogP contribution in [0.3, 0.4) is 0 Å². The second-order valence-corrected chi connectivity index (χ2v) is 11.6. The van der Waals surface area contributed by atoms with Gasteiger partial charge in [-0.25, -0.2) is 9.59 Å². The number of carbonyl (C=O) groups excluding carboxylic acids is 3. The molecule has 2 fully saturated rings. The quantitative estimate of drug-likeness (QED) is 0.275. The summed E-state index contributed by atoms with van der Waals surface area (Å²) in [5.41, 5.74) is 0.729. The van der Waals surface area contributed by atoms with Crippen molar-refractivity contribution in [3.8, 4) is 5.75 Å². The minimum Gasteiger partial charge on any atom is -0.480 e. The van der Waals surface area contributed by atoms with Crippen LogP contribution >= 0.6 is 11.8 Å². The lowest BCUT2D eigenvalue weighted by molar-refractivity contribution is -0.161. The number of nitrogens with one attached hydrogen (secondary N) is 1. The highest BCUT2D eigenvalue weighted by molar-refractivity contribution is 8.01. The minimum atomic E-state index is -1.06. The topological polar surface area (TPSA) is 116 Å². The summed E-state index contributed by atoms with van der Waals surface area (Å²) in [6.45, 7) is 13.7. The van der Waals surface area contributed by atoms with Crippen molar-refractivity contribution < 1.29 is 29.0 Å². The number of rotatable bonds is 9. The summed E-state index contributed by atoms with van der Waals surface area (Å²) < 4.78 is 4.71. The Morgan fingerprint density at radius 1 is 1.00 bits per heavy atom. The molecular weight excluding hydrogens is 518 g/mol. The number of carbonyl (C=O) groups is 4. The van der Waals surface area contributed by atoms with Crippen molar-refractivity contribution in [2.24, 2.45) is 0 Å². The van der Waals surface area contributed by atoms with Crippen LogP contribution in [0, 0.1) is 0 Å². The number of hydrogen-bond donors (Lipinski definition) is 2. The smallest absolute Gasteiger partial charge is 0.343 e. The van der Waals surface area contributed by atoms with Crippen LogP contribution < -0.4 is 10.1 Å². The van der Waals surface area contributed by atoms with Crippen LogP contribution in [0.4, 0.5) is 0 Å². The Hall–Kier alpha value is -3.37. The number of thioether (sulfide) groups is 1. The third-order valence-electron chi connectivity index (χ3n) is 6.88. The number of carboxylic acids is 1. The average molecular weight is 556 g/mol. The van der Waals surface area contributed by atoms with Crippen molar-refractivity contribution in [1.82, 2.24) is 15.1 Å². The van der Waals surface area contributed by atoms with Gasteiger partial charge in [-0.1, -0.05) is 57.2 Å². The first-order valence-corrected chi connectivity index (χ1v) is 14.0. The maximum Gasteiger partial charge on any atom is 0.343 e. The van der Waals surface area contributed by atoms with Gasteiger partial charge in [0.1, 0.15) is 23.2 Å². The van der Waals surface area contributed by atoms with Gasteiger partial charge in [0.25, 0.3) is 0 Å². The Bertz CT molecular complexity index is 1180. The van der Waals surface area contributed by atoms with Gasteiger partial charge in [0.2, 0.25) is 11.8 Å². The van der Waals surface area contributed by atoms with E-state index in [1.165, 1.54) is 36.3 Å². The predicted molar refractivity (Wildman–Crippen MR) is 151 cm³/mol. The molecule has 2 aliphatic heterocycles. The number of β-lactam (4-membered cyclic amide) rings is 1. The number of nitrogens with zero attached hydrogens (tertiary/aromatic N) is 2. The third kappa shape index (κ3) is 6.99. The monoisotopic (exact) mass is 555 g/mol. The Kier molecular flexibility index (Phi) is 10.2. The molecule has 2 aliphatic rings. The van der Waals surface area contributed by atoms with Crippen molar-refractivity contribution in [2.45, 2.75) is 63.2 Å². The Labute approximate surface area is 233 Å². The lowest BCUT2D eigenvalue weighted by Crippen LogP contribution is -2.70. The normalized spacial score (nSPS) is 20.8. The van der Waals surface area contributed by atoms with Gasteiger partial charge in [0, 0.05) is 4.75 Å². The van der Waals surface area contributed by atoms with Crippen LogP contribution in [0.15, 0.2) is 54.6 Å². The second-order valence-electron chi connectivity index (χ2n) is 9.80. The average Bonchev–Trinajstić information content (AvgIpc) is 3.17. The van der Waals surface area contributed by atoms with E-state index in [0.717, 1.165) is 0 Å². The molecule has 0 aliphatic carbocycles. The van der Waals surface area contributed by atoms with E-state index >= 15 is 0 Å². The molecule has 2 amide bonds. The van der Waals surface area contributed by atoms with Crippen molar-refractivity contribution in [2.75, 3.05) is 19.6 Å². The molecule has 2 saturated heterocycles. The molecule has 0 saturated carbocycles. The largest absolute Gasteiger partial charge is 0.480 e. The van der Waals surface area contributed by atoms with Gasteiger partial charge in [-0.05, 0) is 57.2 Å². The summed E-state index contributed by atoms with van der Waals surface area (Å²) in [4.78, 5) is 53.2. The fourth-order valence-corrected chi connectivity index (χ4v) is 6.36. The number of aliphatic carboxylic acids is 1. The number of para-hydroxylation sites is 1. The molecule has 2 unspecified atom stereocenters. The highest BCUT2D eigenvalue weighted by Crippen LogP contribution is 2.50.